The normalized spacial score (nSPS) is 22.4. The van der Waals surface area contributed by atoms with Crippen LogP contribution in [-0.2, 0) is 0 Å². The van der Waals surface area contributed by atoms with E-state index in [0.29, 0.717) is 12.0 Å². The van der Waals surface area contributed by atoms with Crippen LogP contribution < -0.4 is 5.32 Å². The monoisotopic (exact) mass is 318 g/mol. The third-order valence-corrected chi connectivity index (χ3v) is 5.09. The predicted molar refractivity (Wildman–Crippen MR) is 75.5 cm³/mol. The highest BCUT2D eigenvalue weighted by molar-refractivity contribution is 9.10. The van der Waals surface area contributed by atoms with Gasteiger partial charge in [-0.15, -0.1) is 11.3 Å². The first-order valence-corrected chi connectivity index (χ1v) is 7.63. The molecule has 1 aliphatic rings. The van der Waals surface area contributed by atoms with Crippen LogP contribution in [0.25, 0.3) is 0 Å². The minimum Gasteiger partial charge on any atom is -0.388 e. The smallest absolute Gasteiger partial charge is 0.183 e. The number of anilines is 1. The molecule has 0 unspecified atom stereocenters. The Balaban J connectivity index is 1.87. The molecule has 0 spiro atoms. The molecule has 5 heteroatoms. The molecule has 0 amide bonds. The molecule has 1 aromatic rings. The molecule has 3 nitrogen and oxygen atoms in total. The van der Waals surface area contributed by atoms with Gasteiger partial charge in [-0.2, -0.15) is 0 Å². The minimum atomic E-state index is -0.562. The first-order chi connectivity index (χ1) is 7.89. The molecule has 1 aliphatic carbocycles. The summed E-state index contributed by atoms with van der Waals surface area (Å²) in [4.78, 5) is 4.27. The molecule has 0 bridgehead atoms. The fourth-order valence-corrected chi connectivity index (χ4v) is 3.29. The predicted octanol–water partition coefficient (Wildman–Crippen LogP) is 3.65. The van der Waals surface area contributed by atoms with Crippen LogP contribution in [0.2, 0.25) is 0 Å². The van der Waals surface area contributed by atoms with Gasteiger partial charge in [-0.3, -0.25) is 0 Å². The summed E-state index contributed by atoms with van der Waals surface area (Å²) in [6.45, 7) is 5.15. The lowest BCUT2D eigenvalue weighted by atomic mass is 9.71. The second-order valence-corrected chi connectivity index (χ2v) is 7.39. The van der Waals surface area contributed by atoms with Gasteiger partial charge in [-0.05, 0) is 47.0 Å². The van der Waals surface area contributed by atoms with E-state index in [2.05, 4.69) is 40.1 Å². The van der Waals surface area contributed by atoms with Crippen LogP contribution in [0.1, 0.15) is 39.5 Å². The lowest BCUT2D eigenvalue weighted by Gasteiger charge is -2.40. The Hall–Kier alpha value is -0.130. The molecule has 1 aromatic heterocycles. The number of nitrogens with one attached hydrogen (secondary N) is 1. The average Bonchev–Trinajstić information content (AvgIpc) is 2.67. The molecule has 0 radical (unpaired) electrons. The molecule has 17 heavy (non-hydrogen) atoms. The van der Waals surface area contributed by atoms with Crippen molar-refractivity contribution in [2.24, 2.45) is 5.41 Å². The Kier molecular flexibility index (Phi) is 3.80. The zero-order valence-electron chi connectivity index (χ0n) is 10.3. The lowest BCUT2D eigenvalue weighted by molar-refractivity contribution is -0.0145. The second-order valence-electron chi connectivity index (χ2n) is 5.72. The molecule has 0 aliphatic heterocycles. The third kappa shape index (κ3) is 3.66. The number of aromatic nitrogens is 1. The largest absolute Gasteiger partial charge is 0.388 e. The summed E-state index contributed by atoms with van der Waals surface area (Å²) in [5.41, 5.74) is -0.176. The molecule has 1 saturated carbocycles. The zero-order valence-corrected chi connectivity index (χ0v) is 12.7. The van der Waals surface area contributed by atoms with Crippen molar-refractivity contribution in [3.63, 3.8) is 0 Å². The Morgan fingerprint density at radius 3 is 2.59 bits per heavy atom. The fourth-order valence-electron chi connectivity index (χ4n) is 2.14. The number of aliphatic hydroxyl groups is 1. The van der Waals surface area contributed by atoms with Crippen molar-refractivity contribution in [3.05, 3.63) is 9.98 Å². The van der Waals surface area contributed by atoms with E-state index in [1.807, 2.05) is 5.38 Å². The van der Waals surface area contributed by atoms with E-state index in [-0.39, 0.29) is 0 Å². The van der Waals surface area contributed by atoms with E-state index in [1.54, 1.807) is 11.3 Å². The molecule has 0 aromatic carbocycles. The maximum atomic E-state index is 10.5. The number of halogens is 1. The van der Waals surface area contributed by atoms with Crippen molar-refractivity contribution in [1.29, 1.82) is 0 Å². The highest BCUT2D eigenvalue weighted by Crippen LogP contribution is 2.40. The van der Waals surface area contributed by atoms with Gasteiger partial charge in [-0.25, -0.2) is 4.98 Å². The third-order valence-electron chi connectivity index (χ3n) is 3.58. The molecule has 1 heterocycles. The first kappa shape index (κ1) is 13.3. The maximum Gasteiger partial charge on any atom is 0.183 e. The number of thiazole rings is 1. The Bertz CT molecular complexity index is 382. The van der Waals surface area contributed by atoms with Gasteiger partial charge < -0.3 is 10.4 Å². The quantitative estimate of drug-likeness (QED) is 0.894. The average molecular weight is 319 g/mol. The molecular weight excluding hydrogens is 300 g/mol. The van der Waals surface area contributed by atoms with E-state index in [1.165, 1.54) is 0 Å². The van der Waals surface area contributed by atoms with Crippen LogP contribution in [0.5, 0.6) is 0 Å². The van der Waals surface area contributed by atoms with Crippen LogP contribution in [0, 0.1) is 5.41 Å². The van der Waals surface area contributed by atoms with Gasteiger partial charge in [0, 0.05) is 11.9 Å². The highest BCUT2D eigenvalue weighted by Gasteiger charge is 2.36. The van der Waals surface area contributed by atoms with E-state index in [0.717, 1.165) is 35.4 Å². The van der Waals surface area contributed by atoms with E-state index < -0.39 is 5.60 Å². The van der Waals surface area contributed by atoms with E-state index in [9.17, 15) is 5.11 Å². The van der Waals surface area contributed by atoms with E-state index >= 15 is 0 Å². The van der Waals surface area contributed by atoms with Crippen molar-refractivity contribution < 1.29 is 5.11 Å². The van der Waals surface area contributed by atoms with Gasteiger partial charge in [0.05, 0.1) is 5.60 Å². The summed E-state index contributed by atoms with van der Waals surface area (Å²) in [6, 6.07) is 0. The van der Waals surface area contributed by atoms with Crippen molar-refractivity contribution >= 4 is 32.4 Å². The maximum absolute atomic E-state index is 10.5. The van der Waals surface area contributed by atoms with Crippen LogP contribution >= 0.6 is 27.3 Å². The molecular formula is C12H19BrN2OS. The number of hydrogen-bond acceptors (Lipinski definition) is 4. The zero-order chi connectivity index (χ0) is 12.5. The molecule has 1 fully saturated rings. The summed E-state index contributed by atoms with van der Waals surface area (Å²) < 4.78 is 0.849. The standard InChI is InChI=1S/C12H19BrN2OS/c1-11(2)3-5-12(16,6-4-11)8-14-10-15-9(13)7-17-10/h7,16H,3-6,8H2,1-2H3,(H,14,15). The Labute approximate surface area is 115 Å². The topological polar surface area (TPSA) is 45.1 Å². The molecule has 0 saturated heterocycles. The number of rotatable bonds is 3. The van der Waals surface area contributed by atoms with Gasteiger partial charge in [0.1, 0.15) is 4.60 Å². The first-order valence-electron chi connectivity index (χ1n) is 5.96. The summed E-state index contributed by atoms with van der Waals surface area (Å²) in [6.07, 6.45) is 3.93. The summed E-state index contributed by atoms with van der Waals surface area (Å²) in [5.74, 6) is 0. The fraction of sp³-hybridized carbons (Fsp3) is 0.750. The summed E-state index contributed by atoms with van der Waals surface area (Å²) in [7, 11) is 0. The van der Waals surface area contributed by atoms with Gasteiger partial charge in [0.15, 0.2) is 5.13 Å². The molecule has 96 valence electrons. The Morgan fingerprint density at radius 2 is 2.06 bits per heavy atom. The number of hydrogen-bond donors (Lipinski definition) is 2. The summed E-state index contributed by atoms with van der Waals surface area (Å²) >= 11 is 4.88. The second kappa shape index (κ2) is 4.86. The highest BCUT2D eigenvalue weighted by atomic mass is 79.9. The molecule has 2 N–H and O–H groups in total. The van der Waals surface area contributed by atoms with Gasteiger partial charge >= 0.3 is 0 Å². The lowest BCUT2D eigenvalue weighted by Crippen LogP contribution is -2.42. The summed E-state index contributed by atoms with van der Waals surface area (Å²) in [5, 5.41) is 16.5. The van der Waals surface area contributed by atoms with Crippen molar-refractivity contribution in [2.75, 3.05) is 11.9 Å². The van der Waals surface area contributed by atoms with Crippen LogP contribution in [-0.4, -0.2) is 22.2 Å². The van der Waals surface area contributed by atoms with Gasteiger partial charge in [-0.1, -0.05) is 13.8 Å². The number of nitrogens with zero attached hydrogens (tertiary/aromatic N) is 1. The van der Waals surface area contributed by atoms with E-state index in [4.69, 9.17) is 0 Å². The van der Waals surface area contributed by atoms with Crippen LogP contribution in [0.4, 0.5) is 5.13 Å². The van der Waals surface area contributed by atoms with Gasteiger partial charge in [0.2, 0.25) is 0 Å². The van der Waals surface area contributed by atoms with Crippen molar-refractivity contribution in [2.45, 2.75) is 45.1 Å². The Morgan fingerprint density at radius 1 is 1.41 bits per heavy atom. The SMILES string of the molecule is CC1(C)CCC(O)(CNc2nc(Br)cs2)CC1. The molecule has 0 atom stereocenters. The minimum absolute atomic E-state index is 0.385. The van der Waals surface area contributed by atoms with Crippen molar-refractivity contribution in [1.82, 2.24) is 4.98 Å². The van der Waals surface area contributed by atoms with Crippen molar-refractivity contribution in [3.8, 4) is 0 Å². The van der Waals surface area contributed by atoms with Gasteiger partial charge in [0.25, 0.3) is 0 Å². The van der Waals surface area contributed by atoms with Crippen LogP contribution in [0.3, 0.4) is 0 Å². The molecule has 2 rings (SSSR count). The van der Waals surface area contributed by atoms with Crippen LogP contribution in [0.15, 0.2) is 9.98 Å².